The normalized spacial score (nSPS) is 11.0. The number of benzene rings is 1. The third-order valence-electron chi connectivity index (χ3n) is 3.50. The van der Waals surface area contributed by atoms with Crippen molar-refractivity contribution in [1.82, 2.24) is 15.0 Å². The second kappa shape index (κ2) is 4.63. The zero-order chi connectivity index (χ0) is 14.3. The van der Waals surface area contributed by atoms with Crippen LogP contribution in [0.15, 0.2) is 24.3 Å². The quantitative estimate of drug-likeness (QED) is 0.738. The molecule has 0 saturated carbocycles. The zero-order valence-corrected chi connectivity index (χ0v) is 12.2. The molecule has 0 amide bonds. The van der Waals surface area contributed by atoms with E-state index in [1.54, 1.807) is 0 Å². The molecule has 0 aliphatic carbocycles. The first kappa shape index (κ1) is 12.7. The third-order valence-corrected chi connectivity index (χ3v) is 3.50. The fourth-order valence-corrected chi connectivity index (χ4v) is 2.30. The third kappa shape index (κ3) is 2.25. The van der Waals surface area contributed by atoms with Crippen LogP contribution in [0.2, 0.25) is 0 Å². The van der Waals surface area contributed by atoms with Crippen LogP contribution in [-0.2, 0) is 0 Å². The van der Waals surface area contributed by atoms with Crippen LogP contribution in [0.4, 0.5) is 11.5 Å². The van der Waals surface area contributed by atoms with Crippen molar-refractivity contribution in [3.05, 3.63) is 46.9 Å². The topological polar surface area (TPSA) is 53.6 Å². The van der Waals surface area contributed by atoms with Crippen LogP contribution in [-0.4, -0.2) is 15.0 Å². The molecule has 1 aromatic carbocycles. The molecule has 2 N–H and O–H groups in total. The van der Waals surface area contributed by atoms with E-state index in [1.807, 2.05) is 13.8 Å². The maximum Gasteiger partial charge on any atom is 0.143 e. The van der Waals surface area contributed by atoms with E-state index in [0.717, 1.165) is 34.1 Å². The molecule has 0 saturated heterocycles. The molecule has 102 valence electrons. The molecule has 0 spiro atoms. The highest BCUT2D eigenvalue weighted by atomic mass is 15.1. The predicted molar refractivity (Wildman–Crippen MR) is 82.6 cm³/mol. The van der Waals surface area contributed by atoms with Crippen molar-refractivity contribution in [2.75, 3.05) is 5.32 Å². The van der Waals surface area contributed by atoms with E-state index in [4.69, 9.17) is 0 Å². The van der Waals surface area contributed by atoms with Crippen LogP contribution in [0.5, 0.6) is 0 Å². The van der Waals surface area contributed by atoms with Crippen LogP contribution < -0.4 is 5.32 Å². The van der Waals surface area contributed by atoms with Crippen LogP contribution in [0.1, 0.15) is 22.6 Å². The molecule has 4 nitrogen and oxygen atoms in total. The van der Waals surface area contributed by atoms with Gasteiger partial charge in [-0.3, -0.25) is 0 Å². The van der Waals surface area contributed by atoms with Crippen molar-refractivity contribution in [3.8, 4) is 0 Å². The average Bonchev–Trinajstić information content (AvgIpc) is 2.74. The minimum absolute atomic E-state index is 0.755. The molecule has 0 fully saturated rings. The van der Waals surface area contributed by atoms with E-state index in [0.29, 0.717) is 0 Å². The number of rotatable bonds is 2. The maximum absolute atomic E-state index is 4.52. The highest BCUT2D eigenvalue weighted by molar-refractivity contribution is 5.89. The molecule has 0 radical (unpaired) electrons. The summed E-state index contributed by atoms with van der Waals surface area (Å²) >= 11 is 0. The second-order valence-electron chi connectivity index (χ2n) is 5.26. The van der Waals surface area contributed by atoms with Gasteiger partial charge in [0.1, 0.15) is 17.3 Å². The molecular weight excluding hydrogens is 248 g/mol. The van der Waals surface area contributed by atoms with Gasteiger partial charge >= 0.3 is 0 Å². The Balaban J connectivity index is 2.07. The Bertz CT molecular complexity index is 787. The van der Waals surface area contributed by atoms with Gasteiger partial charge in [-0.05, 0) is 57.0 Å². The number of hydrogen-bond donors (Lipinski definition) is 2. The van der Waals surface area contributed by atoms with E-state index >= 15 is 0 Å². The molecule has 4 heteroatoms. The number of hydrogen-bond acceptors (Lipinski definition) is 3. The molecule has 0 bridgehead atoms. The van der Waals surface area contributed by atoms with Crippen LogP contribution >= 0.6 is 0 Å². The van der Waals surface area contributed by atoms with Gasteiger partial charge in [-0.1, -0.05) is 6.07 Å². The molecule has 0 atom stereocenters. The van der Waals surface area contributed by atoms with Gasteiger partial charge in [0, 0.05) is 11.4 Å². The first-order valence-corrected chi connectivity index (χ1v) is 6.71. The van der Waals surface area contributed by atoms with Gasteiger partial charge in [-0.2, -0.15) is 0 Å². The van der Waals surface area contributed by atoms with Gasteiger partial charge in [-0.25, -0.2) is 9.97 Å². The van der Waals surface area contributed by atoms with Crippen LogP contribution in [0.25, 0.3) is 11.0 Å². The Labute approximate surface area is 118 Å². The summed E-state index contributed by atoms with van der Waals surface area (Å²) in [6, 6.07) is 8.40. The summed E-state index contributed by atoms with van der Waals surface area (Å²) in [4.78, 5) is 12.2. The number of aryl methyl sites for hydroxylation is 4. The molecular formula is C16H18N4. The zero-order valence-electron chi connectivity index (χ0n) is 12.2. The lowest BCUT2D eigenvalue weighted by Gasteiger charge is -2.09. The summed E-state index contributed by atoms with van der Waals surface area (Å²) in [5.74, 6) is 1.60. The monoisotopic (exact) mass is 266 g/mol. The number of nitrogens with one attached hydrogen (secondary N) is 2. The molecule has 3 aromatic rings. The van der Waals surface area contributed by atoms with Gasteiger partial charge in [0.15, 0.2) is 0 Å². The summed E-state index contributed by atoms with van der Waals surface area (Å²) in [7, 11) is 0. The number of fused-ring (bicyclic) bond motifs is 1. The highest BCUT2D eigenvalue weighted by Gasteiger charge is 2.09. The largest absolute Gasteiger partial charge is 0.343 e. The lowest BCUT2D eigenvalue weighted by atomic mass is 10.1. The lowest BCUT2D eigenvalue weighted by Crippen LogP contribution is -1.98. The van der Waals surface area contributed by atoms with Crippen molar-refractivity contribution in [3.63, 3.8) is 0 Å². The molecule has 2 aromatic heterocycles. The maximum atomic E-state index is 4.52. The highest BCUT2D eigenvalue weighted by Crippen LogP contribution is 2.25. The van der Waals surface area contributed by atoms with Gasteiger partial charge in [0.25, 0.3) is 0 Å². The fraction of sp³-hybridized carbons (Fsp3) is 0.250. The van der Waals surface area contributed by atoms with Crippen molar-refractivity contribution >= 4 is 22.5 Å². The first-order valence-electron chi connectivity index (χ1n) is 6.71. The second-order valence-corrected chi connectivity index (χ2v) is 5.26. The van der Waals surface area contributed by atoms with Crippen molar-refractivity contribution in [1.29, 1.82) is 0 Å². The van der Waals surface area contributed by atoms with E-state index in [2.05, 4.69) is 58.4 Å². The Morgan fingerprint density at radius 3 is 2.50 bits per heavy atom. The Morgan fingerprint density at radius 1 is 0.950 bits per heavy atom. The van der Waals surface area contributed by atoms with Crippen molar-refractivity contribution < 1.29 is 0 Å². The molecule has 2 heterocycles. The van der Waals surface area contributed by atoms with E-state index in [1.165, 1.54) is 11.1 Å². The molecule has 3 rings (SSSR count). The minimum Gasteiger partial charge on any atom is -0.343 e. The lowest BCUT2D eigenvalue weighted by molar-refractivity contribution is 1.08. The number of aromatic nitrogens is 3. The summed E-state index contributed by atoms with van der Waals surface area (Å²) < 4.78 is 0. The standard InChI is InChI=1S/C16H18N4/c1-9-5-6-13(7-10(9)2)20-16-14-8-11(3)17-15(14)18-12(4)19-16/h5-8H,1-4H3,(H2,17,18,19,20). The number of H-pyrrole nitrogens is 1. The predicted octanol–water partition coefficient (Wildman–Crippen LogP) is 3.94. The van der Waals surface area contributed by atoms with Crippen LogP contribution in [0.3, 0.4) is 0 Å². The van der Waals surface area contributed by atoms with Gasteiger partial charge < -0.3 is 10.3 Å². The smallest absolute Gasteiger partial charge is 0.143 e. The Kier molecular flexibility index (Phi) is 2.93. The summed E-state index contributed by atoms with van der Waals surface area (Å²) in [5.41, 5.74) is 5.56. The fourth-order valence-electron chi connectivity index (χ4n) is 2.30. The van der Waals surface area contributed by atoms with Crippen molar-refractivity contribution in [2.24, 2.45) is 0 Å². The Hall–Kier alpha value is -2.36. The van der Waals surface area contributed by atoms with Crippen molar-refractivity contribution in [2.45, 2.75) is 27.7 Å². The van der Waals surface area contributed by atoms with Crippen LogP contribution in [0, 0.1) is 27.7 Å². The molecule has 0 unspecified atom stereocenters. The van der Waals surface area contributed by atoms with Gasteiger partial charge in [-0.15, -0.1) is 0 Å². The van der Waals surface area contributed by atoms with Gasteiger partial charge in [0.05, 0.1) is 5.39 Å². The number of aromatic amines is 1. The number of anilines is 2. The first-order chi connectivity index (χ1) is 9.52. The molecule has 0 aliphatic heterocycles. The number of nitrogens with zero attached hydrogens (tertiary/aromatic N) is 2. The van der Waals surface area contributed by atoms with E-state index in [9.17, 15) is 0 Å². The summed E-state index contributed by atoms with van der Waals surface area (Å²) in [6.07, 6.45) is 0. The summed E-state index contributed by atoms with van der Waals surface area (Å²) in [6.45, 7) is 8.15. The van der Waals surface area contributed by atoms with E-state index < -0.39 is 0 Å². The molecule has 20 heavy (non-hydrogen) atoms. The van der Waals surface area contributed by atoms with Gasteiger partial charge in [0.2, 0.25) is 0 Å². The molecule has 0 aliphatic rings. The summed E-state index contributed by atoms with van der Waals surface area (Å²) in [5, 5.41) is 4.42. The van der Waals surface area contributed by atoms with E-state index in [-0.39, 0.29) is 0 Å². The average molecular weight is 266 g/mol. The Morgan fingerprint density at radius 2 is 1.75 bits per heavy atom. The minimum atomic E-state index is 0.755. The SMILES string of the molecule is Cc1nc(Nc2ccc(C)c(C)c2)c2cc(C)[nH]c2n1.